The molecule has 0 amide bonds. The minimum Gasteiger partial charge on any atom is -0.330 e. The largest absolute Gasteiger partial charge is 0.330 e. The van der Waals surface area contributed by atoms with E-state index in [1.165, 1.54) is 16.3 Å². The highest BCUT2D eigenvalue weighted by molar-refractivity contribution is 5.86. The summed E-state index contributed by atoms with van der Waals surface area (Å²) in [6, 6.07) is 15.1. The van der Waals surface area contributed by atoms with Crippen molar-refractivity contribution in [1.29, 1.82) is 0 Å². The summed E-state index contributed by atoms with van der Waals surface area (Å²) in [5, 5.41) is 2.65. The van der Waals surface area contributed by atoms with Crippen LogP contribution in [0, 0.1) is 0 Å². The van der Waals surface area contributed by atoms with E-state index in [0.717, 1.165) is 13.0 Å². The van der Waals surface area contributed by atoms with Crippen molar-refractivity contribution in [2.24, 2.45) is 5.73 Å². The average Bonchev–Trinajstić information content (AvgIpc) is 2.39. The number of nitrogens with zero attached hydrogens (tertiary/aromatic N) is 1. The van der Waals surface area contributed by atoms with Gasteiger partial charge in [0.05, 0.1) is 0 Å². The Morgan fingerprint density at radius 2 is 1.78 bits per heavy atom. The molecule has 2 N–H and O–H groups in total. The molecule has 2 aromatic carbocycles. The molecule has 2 heteroatoms. The third kappa shape index (κ3) is 2.89. The molecule has 1 atom stereocenters. The second kappa shape index (κ2) is 5.98. The van der Waals surface area contributed by atoms with E-state index in [9.17, 15) is 0 Å². The van der Waals surface area contributed by atoms with E-state index in [0.29, 0.717) is 12.5 Å². The highest BCUT2D eigenvalue weighted by atomic mass is 15.0. The monoisotopic (exact) mass is 242 g/mol. The van der Waals surface area contributed by atoms with Gasteiger partial charge < -0.3 is 10.6 Å². The minimum absolute atomic E-state index is 0.443. The molecular weight excluding hydrogens is 220 g/mol. The van der Waals surface area contributed by atoms with Crippen molar-refractivity contribution in [1.82, 2.24) is 4.90 Å². The predicted octanol–water partition coefficient (Wildman–Crippen LogP) is 2.83. The van der Waals surface area contributed by atoms with Crippen LogP contribution < -0.4 is 5.73 Å². The van der Waals surface area contributed by atoms with Crippen molar-refractivity contribution in [3.8, 4) is 0 Å². The first-order valence-corrected chi connectivity index (χ1v) is 6.55. The van der Waals surface area contributed by atoms with Gasteiger partial charge in [0, 0.05) is 0 Å². The third-order valence-electron chi connectivity index (χ3n) is 3.47. The lowest BCUT2D eigenvalue weighted by atomic mass is 9.91. The molecule has 96 valence electrons. The van der Waals surface area contributed by atoms with E-state index in [1.807, 2.05) is 0 Å². The maximum atomic E-state index is 5.96. The smallest absolute Gasteiger partial charge is 0.000753 e. The summed E-state index contributed by atoms with van der Waals surface area (Å²) in [5.74, 6) is 0.443. The van der Waals surface area contributed by atoms with Gasteiger partial charge in [0.25, 0.3) is 0 Å². The summed E-state index contributed by atoms with van der Waals surface area (Å²) >= 11 is 0. The van der Waals surface area contributed by atoms with Gasteiger partial charge in [-0.2, -0.15) is 0 Å². The zero-order valence-electron chi connectivity index (χ0n) is 11.3. The zero-order valence-corrected chi connectivity index (χ0v) is 11.3. The van der Waals surface area contributed by atoms with Gasteiger partial charge in [0.2, 0.25) is 0 Å². The number of fused-ring (bicyclic) bond motifs is 1. The molecule has 0 aliphatic rings. The van der Waals surface area contributed by atoms with Gasteiger partial charge >= 0.3 is 0 Å². The number of benzene rings is 2. The standard InChI is InChI=1S/C16H22N2/c1-18(2)11-10-14(12-17)16-9-5-7-13-6-3-4-8-15(13)16/h3-9,14H,10-12,17H2,1-2H3/t14-/m0/s1. The topological polar surface area (TPSA) is 29.3 Å². The molecule has 0 radical (unpaired) electrons. The number of nitrogens with two attached hydrogens (primary N) is 1. The maximum absolute atomic E-state index is 5.96. The quantitative estimate of drug-likeness (QED) is 0.873. The Balaban J connectivity index is 2.32. The Morgan fingerprint density at radius 1 is 1.06 bits per heavy atom. The fourth-order valence-corrected chi connectivity index (χ4v) is 2.42. The SMILES string of the molecule is CN(C)CC[C@@H](CN)c1cccc2ccccc12. The summed E-state index contributed by atoms with van der Waals surface area (Å²) < 4.78 is 0. The van der Waals surface area contributed by atoms with Crippen LogP contribution in [-0.4, -0.2) is 32.1 Å². The van der Waals surface area contributed by atoms with Crippen molar-refractivity contribution in [2.75, 3.05) is 27.2 Å². The third-order valence-corrected chi connectivity index (χ3v) is 3.47. The predicted molar refractivity (Wildman–Crippen MR) is 78.9 cm³/mol. The lowest BCUT2D eigenvalue weighted by Crippen LogP contribution is -2.20. The molecule has 0 aromatic heterocycles. The van der Waals surface area contributed by atoms with Gasteiger partial charge in [-0.1, -0.05) is 42.5 Å². The molecule has 0 saturated carbocycles. The second-order valence-electron chi connectivity index (χ2n) is 5.09. The average molecular weight is 242 g/mol. The molecule has 0 heterocycles. The molecule has 2 nitrogen and oxygen atoms in total. The van der Waals surface area contributed by atoms with Gasteiger partial charge in [0.1, 0.15) is 0 Å². The van der Waals surface area contributed by atoms with Crippen LogP contribution in [-0.2, 0) is 0 Å². The van der Waals surface area contributed by atoms with E-state index < -0.39 is 0 Å². The molecule has 0 aliphatic carbocycles. The Bertz CT molecular complexity index is 500. The van der Waals surface area contributed by atoms with Crippen LogP contribution in [0.5, 0.6) is 0 Å². The summed E-state index contributed by atoms with van der Waals surface area (Å²) in [6.45, 7) is 1.78. The van der Waals surface area contributed by atoms with Crippen LogP contribution in [0.1, 0.15) is 17.9 Å². The molecule has 0 bridgehead atoms. The van der Waals surface area contributed by atoms with E-state index in [1.54, 1.807) is 0 Å². The van der Waals surface area contributed by atoms with Crippen molar-refractivity contribution in [2.45, 2.75) is 12.3 Å². The fraction of sp³-hybridized carbons (Fsp3) is 0.375. The van der Waals surface area contributed by atoms with E-state index in [-0.39, 0.29) is 0 Å². The molecule has 0 fully saturated rings. The van der Waals surface area contributed by atoms with Crippen molar-refractivity contribution in [3.05, 3.63) is 48.0 Å². The van der Waals surface area contributed by atoms with E-state index in [4.69, 9.17) is 5.73 Å². The Hall–Kier alpha value is -1.38. The first-order valence-electron chi connectivity index (χ1n) is 6.55. The first-order chi connectivity index (χ1) is 8.72. The molecule has 18 heavy (non-hydrogen) atoms. The van der Waals surface area contributed by atoms with Crippen molar-refractivity contribution >= 4 is 10.8 Å². The van der Waals surface area contributed by atoms with Crippen LogP contribution >= 0.6 is 0 Å². The number of rotatable bonds is 5. The van der Waals surface area contributed by atoms with Gasteiger partial charge in [0.15, 0.2) is 0 Å². The van der Waals surface area contributed by atoms with Crippen LogP contribution in [0.15, 0.2) is 42.5 Å². The minimum atomic E-state index is 0.443. The molecule has 0 spiro atoms. The van der Waals surface area contributed by atoms with Crippen LogP contribution in [0.4, 0.5) is 0 Å². The van der Waals surface area contributed by atoms with E-state index in [2.05, 4.69) is 61.5 Å². The summed E-state index contributed by atoms with van der Waals surface area (Å²) in [5.41, 5.74) is 7.35. The van der Waals surface area contributed by atoms with E-state index >= 15 is 0 Å². The van der Waals surface area contributed by atoms with Crippen molar-refractivity contribution < 1.29 is 0 Å². The highest BCUT2D eigenvalue weighted by Gasteiger charge is 2.12. The summed E-state index contributed by atoms with van der Waals surface area (Å²) in [7, 11) is 4.22. The normalized spacial score (nSPS) is 13.1. The zero-order chi connectivity index (χ0) is 13.0. The Morgan fingerprint density at radius 3 is 2.50 bits per heavy atom. The van der Waals surface area contributed by atoms with Gasteiger partial charge in [-0.25, -0.2) is 0 Å². The van der Waals surface area contributed by atoms with Crippen LogP contribution in [0.25, 0.3) is 10.8 Å². The van der Waals surface area contributed by atoms with Crippen LogP contribution in [0.2, 0.25) is 0 Å². The highest BCUT2D eigenvalue weighted by Crippen LogP contribution is 2.27. The molecular formula is C16H22N2. The maximum Gasteiger partial charge on any atom is -0.000753 e. The van der Waals surface area contributed by atoms with Gasteiger partial charge in [-0.05, 0) is 55.9 Å². The molecule has 0 unspecified atom stereocenters. The first kappa shape index (κ1) is 13.1. The summed E-state index contributed by atoms with van der Waals surface area (Å²) in [6.07, 6.45) is 1.11. The number of hydrogen-bond donors (Lipinski definition) is 1. The Labute approximate surface area is 109 Å². The van der Waals surface area contributed by atoms with Crippen molar-refractivity contribution in [3.63, 3.8) is 0 Å². The summed E-state index contributed by atoms with van der Waals surface area (Å²) in [4.78, 5) is 2.22. The molecule has 2 rings (SSSR count). The second-order valence-corrected chi connectivity index (χ2v) is 5.09. The lowest BCUT2D eigenvalue weighted by Gasteiger charge is -2.19. The molecule has 2 aromatic rings. The molecule has 0 saturated heterocycles. The number of hydrogen-bond acceptors (Lipinski definition) is 2. The van der Waals surface area contributed by atoms with Gasteiger partial charge in [-0.15, -0.1) is 0 Å². The van der Waals surface area contributed by atoms with Gasteiger partial charge in [-0.3, -0.25) is 0 Å². The Kier molecular flexibility index (Phi) is 4.34. The molecule has 0 aliphatic heterocycles. The lowest BCUT2D eigenvalue weighted by molar-refractivity contribution is 0.382. The van der Waals surface area contributed by atoms with Crippen LogP contribution in [0.3, 0.4) is 0 Å². The fourth-order valence-electron chi connectivity index (χ4n) is 2.42.